The minimum Gasteiger partial charge on any atom is -0.341 e. The van der Waals surface area contributed by atoms with Crippen LogP contribution in [0.3, 0.4) is 0 Å². The van der Waals surface area contributed by atoms with Gasteiger partial charge in [-0.1, -0.05) is 11.6 Å². The van der Waals surface area contributed by atoms with E-state index in [1.807, 2.05) is 0 Å². The summed E-state index contributed by atoms with van der Waals surface area (Å²) in [6.45, 7) is 3.02. The molecular formula is C15H17ClN6O. The van der Waals surface area contributed by atoms with Crippen LogP contribution in [0.2, 0.25) is 5.02 Å². The first-order valence-corrected chi connectivity index (χ1v) is 8.18. The number of fused-ring (bicyclic) bond motifs is 1. The van der Waals surface area contributed by atoms with Crippen molar-refractivity contribution < 1.29 is 4.79 Å². The molecule has 2 aliphatic heterocycles. The number of H-pyrrole nitrogens is 1. The molecule has 120 valence electrons. The molecule has 0 unspecified atom stereocenters. The van der Waals surface area contributed by atoms with Crippen molar-refractivity contribution in [1.82, 2.24) is 25.1 Å². The maximum atomic E-state index is 12.8. The third-order valence-corrected chi connectivity index (χ3v) is 4.69. The van der Waals surface area contributed by atoms with Gasteiger partial charge in [-0.15, -0.1) is 0 Å². The van der Waals surface area contributed by atoms with E-state index in [9.17, 15) is 4.79 Å². The van der Waals surface area contributed by atoms with Crippen LogP contribution in [0.15, 0.2) is 12.4 Å². The Bertz CT molecular complexity index is 739. The molecule has 23 heavy (non-hydrogen) atoms. The van der Waals surface area contributed by atoms with Crippen LogP contribution in [-0.2, 0) is 13.0 Å². The van der Waals surface area contributed by atoms with E-state index in [4.69, 9.17) is 11.6 Å². The third kappa shape index (κ3) is 2.65. The molecule has 0 aromatic carbocycles. The number of rotatable bonds is 2. The molecule has 0 saturated carbocycles. The van der Waals surface area contributed by atoms with Crippen LogP contribution in [-0.4, -0.2) is 50.6 Å². The number of hydrogen-bond donors (Lipinski definition) is 1. The van der Waals surface area contributed by atoms with Crippen LogP contribution in [0.1, 0.15) is 34.6 Å². The molecule has 0 atom stereocenters. The maximum absolute atomic E-state index is 12.8. The Morgan fingerprint density at radius 3 is 2.87 bits per heavy atom. The van der Waals surface area contributed by atoms with E-state index < -0.39 is 0 Å². The lowest BCUT2D eigenvalue weighted by Gasteiger charge is -2.26. The highest BCUT2D eigenvalue weighted by Gasteiger charge is 2.27. The van der Waals surface area contributed by atoms with Gasteiger partial charge in [0.25, 0.3) is 5.91 Å². The summed E-state index contributed by atoms with van der Waals surface area (Å²) >= 11 is 6.19. The third-order valence-electron chi connectivity index (χ3n) is 4.41. The van der Waals surface area contributed by atoms with E-state index in [-0.39, 0.29) is 11.6 Å². The fraction of sp³-hybridized carbons (Fsp3) is 0.467. The molecule has 1 fully saturated rings. The lowest BCUT2D eigenvalue weighted by molar-refractivity contribution is 0.0728. The first kappa shape index (κ1) is 14.4. The van der Waals surface area contributed by atoms with Crippen LogP contribution in [0, 0.1) is 0 Å². The summed E-state index contributed by atoms with van der Waals surface area (Å²) in [6.07, 6.45) is 6.33. The minimum atomic E-state index is -0.148. The van der Waals surface area contributed by atoms with Gasteiger partial charge in [0, 0.05) is 43.9 Å². The Morgan fingerprint density at radius 1 is 1.22 bits per heavy atom. The van der Waals surface area contributed by atoms with Gasteiger partial charge < -0.3 is 9.80 Å². The molecule has 1 N–H and O–H groups in total. The Balaban J connectivity index is 1.59. The fourth-order valence-corrected chi connectivity index (χ4v) is 3.29. The Hall–Kier alpha value is -2.15. The average Bonchev–Trinajstić information content (AvgIpc) is 3.25. The molecule has 0 aliphatic carbocycles. The molecule has 7 nitrogen and oxygen atoms in total. The summed E-state index contributed by atoms with van der Waals surface area (Å²) in [5.41, 5.74) is 2.44. The number of carbonyl (C=O) groups excluding carboxylic acids is 1. The molecule has 0 bridgehead atoms. The highest BCUT2D eigenvalue weighted by atomic mass is 35.5. The topological polar surface area (TPSA) is 78.0 Å². The van der Waals surface area contributed by atoms with Crippen molar-refractivity contribution in [3.8, 4) is 0 Å². The van der Waals surface area contributed by atoms with Gasteiger partial charge in [-0.05, 0) is 12.8 Å². The van der Waals surface area contributed by atoms with Crippen LogP contribution in [0.5, 0.6) is 0 Å². The van der Waals surface area contributed by atoms with Crippen LogP contribution >= 0.6 is 11.6 Å². The van der Waals surface area contributed by atoms with Crippen molar-refractivity contribution in [3.63, 3.8) is 0 Å². The SMILES string of the molecule is O=C(c1nc(N2CCCC2)ncc1Cl)N1CCc2[nH]ncc2C1. The fourth-order valence-electron chi connectivity index (χ4n) is 3.12. The first-order chi connectivity index (χ1) is 11.2. The Labute approximate surface area is 138 Å². The van der Waals surface area contributed by atoms with Gasteiger partial charge in [-0.3, -0.25) is 9.89 Å². The first-order valence-electron chi connectivity index (χ1n) is 7.80. The standard InChI is InChI=1S/C15H17ClN6O/c16-11-8-17-15(21-4-1-2-5-21)19-13(11)14(23)22-6-3-12-10(9-22)7-18-20-12/h7-8H,1-6,9H2,(H,18,20). The number of anilines is 1. The van der Waals surface area contributed by atoms with Crippen molar-refractivity contribution >= 4 is 23.5 Å². The highest BCUT2D eigenvalue weighted by molar-refractivity contribution is 6.33. The predicted octanol–water partition coefficient (Wildman–Crippen LogP) is 1.65. The number of nitrogens with one attached hydrogen (secondary N) is 1. The van der Waals surface area contributed by atoms with E-state index in [2.05, 4.69) is 25.1 Å². The van der Waals surface area contributed by atoms with Crippen molar-refractivity contribution in [2.24, 2.45) is 0 Å². The van der Waals surface area contributed by atoms with E-state index in [1.54, 1.807) is 11.1 Å². The van der Waals surface area contributed by atoms with Gasteiger partial charge in [0.2, 0.25) is 5.95 Å². The number of amides is 1. The van der Waals surface area contributed by atoms with Crippen molar-refractivity contribution in [2.75, 3.05) is 24.5 Å². The van der Waals surface area contributed by atoms with Crippen LogP contribution in [0.25, 0.3) is 0 Å². The molecule has 4 rings (SSSR count). The second-order valence-electron chi connectivity index (χ2n) is 5.91. The summed E-state index contributed by atoms with van der Waals surface area (Å²) in [7, 11) is 0. The summed E-state index contributed by atoms with van der Waals surface area (Å²) in [5.74, 6) is 0.445. The molecule has 2 aromatic heterocycles. The number of nitrogens with zero attached hydrogens (tertiary/aromatic N) is 5. The summed E-state index contributed by atoms with van der Waals surface area (Å²) in [6, 6.07) is 0. The molecular weight excluding hydrogens is 316 g/mol. The molecule has 0 spiro atoms. The van der Waals surface area contributed by atoms with E-state index in [0.29, 0.717) is 24.1 Å². The minimum absolute atomic E-state index is 0.148. The van der Waals surface area contributed by atoms with E-state index in [0.717, 1.165) is 43.6 Å². The maximum Gasteiger partial charge on any atom is 0.274 e. The normalized spacial score (nSPS) is 17.4. The Kier molecular flexibility index (Phi) is 3.65. The molecule has 1 saturated heterocycles. The number of hydrogen-bond acceptors (Lipinski definition) is 5. The van der Waals surface area contributed by atoms with Crippen LogP contribution in [0.4, 0.5) is 5.95 Å². The summed E-state index contributed by atoms with van der Waals surface area (Å²) in [4.78, 5) is 25.4. The van der Waals surface area contributed by atoms with Gasteiger partial charge in [-0.2, -0.15) is 5.10 Å². The van der Waals surface area contributed by atoms with Gasteiger partial charge in [0.05, 0.1) is 17.4 Å². The van der Waals surface area contributed by atoms with Crippen LogP contribution < -0.4 is 4.90 Å². The smallest absolute Gasteiger partial charge is 0.274 e. The zero-order valence-corrected chi connectivity index (χ0v) is 13.4. The largest absolute Gasteiger partial charge is 0.341 e. The zero-order valence-electron chi connectivity index (χ0n) is 12.6. The predicted molar refractivity (Wildman–Crippen MR) is 85.5 cm³/mol. The monoisotopic (exact) mass is 332 g/mol. The molecule has 2 aliphatic rings. The molecule has 4 heterocycles. The molecule has 8 heteroatoms. The lowest BCUT2D eigenvalue weighted by atomic mass is 10.1. The summed E-state index contributed by atoms with van der Waals surface area (Å²) < 4.78 is 0. The molecule has 0 radical (unpaired) electrons. The second-order valence-corrected chi connectivity index (χ2v) is 6.32. The molecule has 1 amide bonds. The van der Waals surface area contributed by atoms with Crippen molar-refractivity contribution in [3.05, 3.63) is 34.4 Å². The van der Waals surface area contributed by atoms with E-state index in [1.165, 1.54) is 6.20 Å². The molecule has 2 aromatic rings. The number of aromatic nitrogens is 4. The van der Waals surface area contributed by atoms with E-state index >= 15 is 0 Å². The average molecular weight is 333 g/mol. The van der Waals surface area contributed by atoms with Gasteiger partial charge in [0.15, 0.2) is 5.69 Å². The van der Waals surface area contributed by atoms with Gasteiger partial charge in [0.1, 0.15) is 0 Å². The van der Waals surface area contributed by atoms with Crippen molar-refractivity contribution in [1.29, 1.82) is 0 Å². The van der Waals surface area contributed by atoms with Crippen molar-refractivity contribution in [2.45, 2.75) is 25.8 Å². The second kappa shape index (κ2) is 5.81. The van der Waals surface area contributed by atoms with Gasteiger partial charge >= 0.3 is 0 Å². The zero-order chi connectivity index (χ0) is 15.8. The highest BCUT2D eigenvalue weighted by Crippen LogP contribution is 2.23. The number of halogens is 1. The quantitative estimate of drug-likeness (QED) is 0.904. The summed E-state index contributed by atoms with van der Waals surface area (Å²) in [5, 5.41) is 7.30. The lowest BCUT2D eigenvalue weighted by Crippen LogP contribution is -2.36. The number of aromatic amines is 1. The Morgan fingerprint density at radius 2 is 2.04 bits per heavy atom. The number of carbonyl (C=O) groups is 1. The van der Waals surface area contributed by atoms with Gasteiger partial charge in [-0.25, -0.2) is 9.97 Å².